The maximum absolute atomic E-state index is 12.3. The summed E-state index contributed by atoms with van der Waals surface area (Å²) in [4.78, 5) is 2.18. The Balaban J connectivity index is 2.05. The molecule has 2 N–H and O–H groups in total. The van der Waals surface area contributed by atoms with Crippen LogP contribution in [0.5, 0.6) is 0 Å². The van der Waals surface area contributed by atoms with Crippen molar-refractivity contribution < 1.29 is 12.8 Å². The number of hydrogen-bond donors (Lipinski definition) is 2. The molecule has 2 aromatic heterocycles. The zero-order chi connectivity index (χ0) is 15.3. The molecule has 0 fully saturated rings. The van der Waals surface area contributed by atoms with Gasteiger partial charge in [-0.25, -0.2) is 13.1 Å². The minimum absolute atomic E-state index is 0.161. The number of hydrogen-bond acceptors (Lipinski definition) is 5. The summed E-state index contributed by atoms with van der Waals surface area (Å²) in [5.74, 6) is 0.594. The molecule has 0 aliphatic heterocycles. The number of sulfonamides is 1. The molecular weight excluding hydrogens is 308 g/mol. The SMILES string of the molecule is CCCNCc1cc(S(=O)(=O)NCc2ccco2)c(C)s1. The van der Waals surface area contributed by atoms with Gasteiger partial charge in [-0.15, -0.1) is 11.3 Å². The van der Waals surface area contributed by atoms with E-state index in [4.69, 9.17) is 4.42 Å². The van der Waals surface area contributed by atoms with Gasteiger partial charge in [-0.3, -0.25) is 0 Å². The normalized spacial score (nSPS) is 11.9. The third-order valence-electron chi connectivity index (χ3n) is 2.96. The third kappa shape index (κ3) is 4.41. The molecule has 7 heteroatoms. The number of furan rings is 1. The smallest absolute Gasteiger partial charge is 0.242 e. The third-order valence-corrected chi connectivity index (χ3v) is 5.66. The Morgan fingerprint density at radius 1 is 1.33 bits per heavy atom. The topological polar surface area (TPSA) is 71.3 Å². The Labute approximate surface area is 129 Å². The molecule has 0 radical (unpaired) electrons. The van der Waals surface area contributed by atoms with Crippen LogP contribution in [0.1, 0.15) is 28.9 Å². The summed E-state index contributed by atoms with van der Waals surface area (Å²) in [7, 11) is -3.50. The first-order valence-corrected chi connectivity index (χ1v) is 9.15. The lowest BCUT2D eigenvalue weighted by Gasteiger charge is -2.04. The van der Waals surface area contributed by atoms with Crippen LogP contribution in [-0.4, -0.2) is 15.0 Å². The van der Waals surface area contributed by atoms with Crippen molar-refractivity contribution in [1.29, 1.82) is 0 Å². The number of thiophene rings is 1. The predicted octanol–water partition coefficient (Wildman–Crippen LogP) is 2.63. The highest BCUT2D eigenvalue weighted by molar-refractivity contribution is 7.89. The summed E-state index contributed by atoms with van der Waals surface area (Å²) >= 11 is 1.51. The highest BCUT2D eigenvalue weighted by atomic mass is 32.2. The van der Waals surface area contributed by atoms with Crippen LogP contribution in [0.2, 0.25) is 0 Å². The predicted molar refractivity (Wildman–Crippen MR) is 83.8 cm³/mol. The molecule has 2 aromatic rings. The van der Waals surface area contributed by atoms with E-state index < -0.39 is 10.0 Å². The van der Waals surface area contributed by atoms with E-state index in [2.05, 4.69) is 17.0 Å². The van der Waals surface area contributed by atoms with E-state index in [9.17, 15) is 8.42 Å². The molecule has 0 atom stereocenters. The first-order valence-electron chi connectivity index (χ1n) is 6.85. The lowest BCUT2D eigenvalue weighted by Crippen LogP contribution is -2.23. The zero-order valence-electron chi connectivity index (χ0n) is 12.2. The quantitative estimate of drug-likeness (QED) is 0.731. The Hall–Kier alpha value is -1.15. The van der Waals surface area contributed by atoms with Crippen LogP contribution in [-0.2, 0) is 23.1 Å². The highest BCUT2D eigenvalue weighted by Gasteiger charge is 2.20. The van der Waals surface area contributed by atoms with Gasteiger partial charge in [0.15, 0.2) is 0 Å². The molecule has 0 saturated carbocycles. The fourth-order valence-electron chi connectivity index (χ4n) is 1.92. The van der Waals surface area contributed by atoms with E-state index in [-0.39, 0.29) is 6.54 Å². The number of rotatable bonds is 8. The van der Waals surface area contributed by atoms with Gasteiger partial charge in [-0.2, -0.15) is 0 Å². The van der Waals surface area contributed by atoms with E-state index in [1.165, 1.54) is 17.6 Å². The zero-order valence-corrected chi connectivity index (χ0v) is 13.8. The molecule has 0 bridgehead atoms. The minimum Gasteiger partial charge on any atom is -0.468 e. The first kappa shape index (κ1) is 16.2. The summed E-state index contributed by atoms with van der Waals surface area (Å²) in [5.41, 5.74) is 0. The van der Waals surface area contributed by atoms with Gasteiger partial charge < -0.3 is 9.73 Å². The van der Waals surface area contributed by atoms with E-state index in [0.717, 1.165) is 22.7 Å². The second-order valence-electron chi connectivity index (χ2n) is 4.71. The molecule has 0 saturated heterocycles. The number of nitrogens with one attached hydrogen (secondary N) is 2. The van der Waals surface area contributed by atoms with Gasteiger partial charge in [0.2, 0.25) is 10.0 Å². The lowest BCUT2D eigenvalue weighted by atomic mass is 10.4. The maximum atomic E-state index is 12.3. The van der Waals surface area contributed by atoms with Crippen molar-refractivity contribution in [3.63, 3.8) is 0 Å². The largest absolute Gasteiger partial charge is 0.468 e. The van der Waals surface area contributed by atoms with E-state index in [0.29, 0.717) is 17.2 Å². The average molecular weight is 328 g/mol. The fraction of sp³-hybridized carbons (Fsp3) is 0.429. The summed E-state index contributed by atoms with van der Waals surface area (Å²) in [5, 5.41) is 3.28. The Kier molecular flexibility index (Phi) is 5.58. The second kappa shape index (κ2) is 7.22. The number of aryl methyl sites for hydroxylation is 1. The molecule has 0 aromatic carbocycles. The highest BCUT2D eigenvalue weighted by Crippen LogP contribution is 2.25. The summed E-state index contributed by atoms with van der Waals surface area (Å²) in [6, 6.07) is 5.22. The molecular formula is C14H20N2O3S2. The van der Waals surface area contributed by atoms with Gasteiger partial charge in [0, 0.05) is 16.3 Å². The summed E-state index contributed by atoms with van der Waals surface area (Å²) in [6.07, 6.45) is 2.58. The standard InChI is InChI=1S/C14H20N2O3S2/c1-3-6-15-10-13-8-14(11(2)20-13)21(17,18)16-9-12-5-4-7-19-12/h4-5,7-8,15-16H,3,6,9-10H2,1-2H3. The van der Waals surface area contributed by atoms with Crippen LogP contribution in [0.3, 0.4) is 0 Å². The van der Waals surface area contributed by atoms with Crippen molar-refractivity contribution in [2.24, 2.45) is 0 Å². The Morgan fingerprint density at radius 2 is 2.14 bits per heavy atom. The van der Waals surface area contributed by atoms with Crippen LogP contribution >= 0.6 is 11.3 Å². The Morgan fingerprint density at radius 3 is 2.81 bits per heavy atom. The molecule has 0 amide bonds. The van der Waals surface area contributed by atoms with Gasteiger partial charge in [-0.05, 0) is 38.1 Å². The van der Waals surface area contributed by atoms with Crippen LogP contribution in [0.4, 0.5) is 0 Å². The van der Waals surface area contributed by atoms with Crippen LogP contribution in [0.25, 0.3) is 0 Å². The van der Waals surface area contributed by atoms with Gasteiger partial charge in [0.05, 0.1) is 17.7 Å². The van der Waals surface area contributed by atoms with E-state index in [1.807, 2.05) is 6.92 Å². The molecule has 0 aliphatic rings. The Bertz CT molecular complexity index is 660. The van der Waals surface area contributed by atoms with Crippen LogP contribution in [0.15, 0.2) is 33.8 Å². The van der Waals surface area contributed by atoms with Crippen molar-refractivity contribution in [3.8, 4) is 0 Å². The first-order chi connectivity index (χ1) is 10.0. The van der Waals surface area contributed by atoms with Crippen LogP contribution in [0, 0.1) is 6.92 Å². The molecule has 5 nitrogen and oxygen atoms in total. The monoisotopic (exact) mass is 328 g/mol. The van der Waals surface area contributed by atoms with Crippen molar-refractivity contribution in [3.05, 3.63) is 40.0 Å². The van der Waals surface area contributed by atoms with E-state index >= 15 is 0 Å². The van der Waals surface area contributed by atoms with Crippen molar-refractivity contribution >= 4 is 21.4 Å². The molecule has 0 unspecified atom stereocenters. The van der Waals surface area contributed by atoms with Crippen molar-refractivity contribution in [1.82, 2.24) is 10.0 Å². The molecule has 2 rings (SSSR count). The maximum Gasteiger partial charge on any atom is 0.242 e. The van der Waals surface area contributed by atoms with Crippen molar-refractivity contribution in [2.45, 2.75) is 38.3 Å². The average Bonchev–Trinajstić information content (AvgIpc) is 3.07. The van der Waals surface area contributed by atoms with Gasteiger partial charge in [0.1, 0.15) is 5.76 Å². The minimum atomic E-state index is -3.50. The van der Waals surface area contributed by atoms with Gasteiger partial charge >= 0.3 is 0 Å². The second-order valence-corrected chi connectivity index (χ2v) is 7.79. The van der Waals surface area contributed by atoms with Gasteiger partial charge in [0.25, 0.3) is 0 Å². The molecule has 21 heavy (non-hydrogen) atoms. The van der Waals surface area contributed by atoms with Crippen LogP contribution < -0.4 is 10.0 Å². The molecule has 0 spiro atoms. The van der Waals surface area contributed by atoms with Gasteiger partial charge in [-0.1, -0.05) is 6.92 Å². The van der Waals surface area contributed by atoms with E-state index in [1.54, 1.807) is 18.2 Å². The molecule has 0 aliphatic carbocycles. The summed E-state index contributed by atoms with van der Waals surface area (Å²) < 4.78 is 32.3. The molecule has 116 valence electrons. The summed E-state index contributed by atoms with van der Waals surface area (Å²) in [6.45, 7) is 5.72. The lowest BCUT2D eigenvalue weighted by molar-refractivity contribution is 0.498. The van der Waals surface area contributed by atoms with Crippen molar-refractivity contribution in [2.75, 3.05) is 6.54 Å². The fourth-order valence-corrected chi connectivity index (χ4v) is 4.52. The molecule has 2 heterocycles.